The zero-order valence-corrected chi connectivity index (χ0v) is 9.37. The average molecular weight is 219 g/mol. The van der Waals surface area contributed by atoms with Crippen LogP contribution >= 0.6 is 0 Å². The van der Waals surface area contributed by atoms with Crippen LogP contribution in [0.5, 0.6) is 0 Å². The van der Waals surface area contributed by atoms with Crippen LogP contribution in [0.3, 0.4) is 0 Å². The van der Waals surface area contributed by atoms with Crippen molar-refractivity contribution in [3.8, 4) is 5.69 Å². The molecule has 0 saturated heterocycles. The molecule has 0 aliphatic carbocycles. The topological polar surface area (TPSA) is 29.9 Å². The summed E-state index contributed by atoms with van der Waals surface area (Å²) in [6.45, 7) is 2.54. The van der Waals surface area contributed by atoms with Crippen molar-refractivity contribution < 1.29 is 4.39 Å². The predicted molar refractivity (Wildman–Crippen MR) is 61.0 cm³/mol. The molecule has 1 N–H and O–H groups in total. The maximum atomic E-state index is 13.8. The third-order valence-electron chi connectivity index (χ3n) is 2.36. The van der Waals surface area contributed by atoms with Gasteiger partial charge >= 0.3 is 0 Å². The molecular weight excluding hydrogens is 205 g/mol. The van der Waals surface area contributed by atoms with E-state index in [4.69, 9.17) is 0 Å². The van der Waals surface area contributed by atoms with Crippen LogP contribution in [0.1, 0.15) is 11.3 Å². The lowest BCUT2D eigenvalue weighted by Crippen LogP contribution is -2.06. The number of aryl methyl sites for hydroxylation is 1. The molecule has 4 heteroatoms. The standard InChI is InChI=1S/C12H14FN3/c1-9-5-6-16(15-9)12-4-3-10(8-14-2)7-11(12)13/h3-7,14H,8H2,1-2H3. The Balaban J connectivity index is 2.36. The number of hydrogen-bond acceptors (Lipinski definition) is 2. The largest absolute Gasteiger partial charge is 0.316 e. The first-order valence-electron chi connectivity index (χ1n) is 5.16. The van der Waals surface area contributed by atoms with Crippen molar-refractivity contribution in [1.82, 2.24) is 15.1 Å². The Bertz CT molecular complexity index is 491. The fourth-order valence-electron chi connectivity index (χ4n) is 1.60. The van der Waals surface area contributed by atoms with E-state index in [-0.39, 0.29) is 5.82 Å². The van der Waals surface area contributed by atoms with Gasteiger partial charge in [-0.15, -0.1) is 0 Å². The van der Waals surface area contributed by atoms with Gasteiger partial charge in [0.05, 0.1) is 5.69 Å². The molecule has 1 heterocycles. The molecule has 0 bridgehead atoms. The minimum absolute atomic E-state index is 0.254. The lowest BCUT2D eigenvalue weighted by Gasteiger charge is -2.05. The molecule has 2 aromatic rings. The van der Waals surface area contributed by atoms with Crippen LogP contribution in [0.25, 0.3) is 5.69 Å². The Morgan fingerprint density at radius 3 is 2.75 bits per heavy atom. The Morgan fingerprint density at radius 1 is 1.38 bits per heavy atom. The molecule has 3 nitrogen and oxygen atoms in total. The number of nitrogens with one attached hydrogen (secondary N) is 1. The van der Waals surface area contributed by atoms with Crippen LogP contribution in [0.2, 0.25) is 0 Å². The van der Waals surface area contributed by atoms with Crippen molar-refractivity contribution in [2.45, 2.75) is 13.5 Å². The van der Waals surface area contributed by atoms with E-state index in [0.717, 1.165) is 11.3 Å². The third-order valence-corrected chi connectivity index (χ3v) is 2.36. The summed E-state index contributed by atoms with van der Waals surface area (Å²) in [6.07, 6.45) is 1.76. The van der Waals surface area contributed by atoms with Crippen molar-refractivity contribution >= 4 is 0 Å². The highest BCUT2D eigenvalue weighted by atomic mass is 19.1. The van der Waals surface area contributed by atoms with Crippen molar-refractivity contribution in [1.29, 1.82) is 0 Å². The monoisotopic (exact) mass is 219 g/mol. The molecular formula is C12H14FN3. The highest BCUT2D eigenvalue weighted by molar-refractivity contribution is 5.36. The zero-order valence-electron chi connectivity index (χ0n) is 9.37. The number of hydrogen-bond donors (Lipinski definition) is 1. The molecule has 1 aromatic heterocycles. The van der Waals surface area contributed by atoms with Crippen molar-refractivity contribution in [3.05, 3.63) is 47.5 Å². The Labute approximate surface area is 93.9 Å². The summed E-state index contributed by atoms with van der Waals surface area (Å²) in [7, 11) is 1.84. The van der Waals surface area contributed by atoms with E-state index in [1.807, 2.05) is 26.1 Å². The summed E-state index contributed by atoms with van der Waals surface area (Å²) in [5.41, 5.74) is 2.28. The van der Waals surface area contributed by atoms with Crippen LogP contribution in [0, 0.1) is 12.7 Å². The maximum absolute atomic E-state index is 13.8. The minimum Gasteiger partial charge on any atom is -0.316 e. The van der Waals surface area contributed by atoms with E-state index in [0.29, 0.717) is 12.2 Å². The van der Waals surface area contributed by atoms with Crippen LogP contribution in [0.4, 0.5) is 4.39 Å². The van der Waals surface area contributed by atoms with Gasteiger partial charge in [-0.05, 0) is 37.7 Å². The SMILES string of the molecule is CNCc1ccc(-n2ccc(C)n2)c(F)c1. The second-order valence-electron chi connectivity index (χ2n) is 3.72. The molecule has 84 valence electrons. The smallest absolute Gasteiger partial charge is 0.149 e. The maximum Gasteiger partial charge on any atom is 0.149 e. The van der Waals surface area contributed by atoms with Crippen molar-refractivity contribution in [2.24, 2.45) is 0 Å². The number of nitrogens with zero attached hydrogens (tertiary/aromatic N) is 2. The molecule has 0 radical (unpaired) electrons. The second kappa shape index (κ2) is 4.45. The first-order chi connectivity index (χ1) is 7.70. The highest BCUT2D eigenvalue weighted by Gasteiger charge is 2.06. The van der Waals surface area contributed by atoms with Gasteiger partial charge in [-0.3, -0.25) is 0 Å². The Hall–Kier alpha value is -1.68. The Morgan fingerprint density at radius 2 is 2.19 bits per heavy atom. The molecule has 0 aliphatic rings. The van der Waals surface area contributed by atoms with Crippen molar-refractivity contribution in [3.63, 3.8) is 0 Å². The molecule has 0 saturated carbocycles. The molecule has 0 fully saturated rings. The molecule has 0 atom stereocenters. The summed E-state index contributed by atoms with van der Waals surface area (Å²) in [5.74, 6) is -0.254. The van der Waals surface area contributed by atoms with E-state index < -0.39 is 0 Å². The van der Waals surface area contributed by atoms with Gasteiger partial charge in [0.2, 0.25) is 0 Å². The van der Waals surface area contributed by atoms with Gasteiger partial charge in [0.15, 0.2) is 0 Å². The first kappa shape index (κ1) is 10.8. The van der Waals surface area contributed by atoms with Crippen LogP contribution in [-0.4, -0.2) is 16.8 Å². The van der Waals surface area contributed by atoms with Gasteiger partial charge in [-0.25, -0.2) is 9.07 Å². The van der Waals surface area contributed by atoms with E-state index in [9.17, 15) is 4.39 Å². The number of benzene rings is 1. The number of aromatic nitrogens is 2. The number of halogens is 1. The molecule has 0 unspecified atom stereocenters. The zero-order chi connectivity index (χ0) is 11.5. The third kappa shape index (κ3) is 2.12. The molecule has 1 aromatic carbocycles. The summed E-state index contributed by atoms with van der Waals surface area (Å²) in [6, 6.07) is 7.02. The average Bonchev–Trinajstić information content (AvgIpc) is 2.65. The predicted octanol–water partition coefficient (Wildman–Crippen LogP) is 2.04. The quantitative estimate of drug-likeness (QED) is 0.856. The minimum atomic E-state index is -0.254. The first-order valence-corrected chi connectivity index (χ1v) is 5.16. The van der Waals surface area contributed by atoms with Crippen molar-refractivity contribution in [2.75, 3.05) is 7.05 Å². The van der Waals surface area contributed by atoms with E-state index in [1.54, 1.807) is 16.9 Å². The molecule has 0 spiro atoms. The summed E-state index contributed by atoms with van der Waals surface area (Å²) >= 11 is 0. The molecule has 0 amide bonds. The highest BCUT2D eigenvalue weighted by Crippen LogP contribution is 2.14. The normalized spacial score (nSPS) is 10.7. The fourth-order valence-corrected chi connectivity index (χ4v) is 1.60. The van der Waals surface area contributed by atoms with E-state index >= 15 is 0 Å². The summed E-state index contributed by atoms with van der Waals surface area (Å²) in [4.78, 5) is 0. The van der Waals surface area contributed by atoms with Gasteiger partial charge in [-0.2, -0.15) is 5.10 Å². The molecule has 0 aliphatic heterocycles. The van der Waals surface area contributed by atoms with Crippen LogP contribution < -0.4 is 5.32 Å². The van der Waals surface area contributed by atoms with E-state index in [1.165, 1.54) is 6.07 Å². The van der Waals surface area contributed by atoms with Gasteiger partial charge in [-0.1, -0.05) is 6.07 Å². The van der Waals surface area contributed by atoms with Gasteiger partial charge in [0, 0.05) is 12.7 Å². The summed E-state index contributed by atoms with van der Waals surface area (Å²) in [5, 5.41) is 7.16. The fraction of sp³-hybridized carbons (Fsp3) is 0.250. The molecule has 2 rings (SSSR count). The molecule has 16 heavy (non-hydrogen) atoms. The van der Waals surface area contributed by atoms with E-state index in [2.05, 4.69) is 10.4 Å². The summed E-state index contributed by atoms with van der Waals surface area (Å²) < 4.78 is 15.3. The lowest BCUT2D eigenvalue weighted by molar-refractivity contribution is 0.606. The van der Waals surface area contributed by atoms with Gasteiger partial charge in [0.1, 0.15) is 11.5 Å². The second-order valence-corrected chi connectivity index (χ2v) is 3.72. The number of rotatable bonds is 3. The van der Waals surface area contributed by atoms with Crippen LogP contribution in [0.15, 0.2) is 30.5 Å². The lowest BCUT2D eigenvalue weighted by atomic mass is 10.2. The van der Waals surface area contributed by atoms with Gasteiger partial charge in [0.25, 0.3) is 0 Å². The Kier molecular flexibility index (Phi) is 3.01. The van der Waals surface area contributed by atoms with Gasteiger partial charge < -0.3 is 5.32 Å². The van der Waals surface area contributed by atoms with Crippen LogP contribution in [-0.2, 0) is 6.54 Å².